The maximum absolute atomic E-state index is 5.58. The Kier molecular flexibility index (Phi) is 2.63. The lowest BCUT2D eigenvalue weighted by Crippen LogP contribution is -2.08. The number of nitrogens with one attached hydrogen (secondary N) is 1. The van der Waals surface area contributed by atoms with Gasteiger partial charge in [0.15, 0.2) is 0 Å². The van der Waals surface area contributed by atoms with Crippen LogP contribution in [0.4, 0.5) is 0 Å². The SMILES string of the molecule is CN=C1C=CC(=C(C)N)NN=C1. The van der Waals surface area contributed by atoms with Gasteiger partial charge in [-0.25, -0.2) is 0 Å². The summed E-state index contributed by atoms with van der Waals surface area (Å²) in [6.45, 7) is 1.82. The summed E-state index contributed by atoms with van der Waals surface area (Å²) < 4.78 is 0. The van der Waals surface area contributed by atoms with Crippen LogP contribution in [0.3, 0.4) is 0 Å². The van der Waals surface area contributed by atoms with Gasteiger partial charge in [0.25, 0.3) is 0 Å². The fourth-order valence-electron chi connectivity index (χ4n) is 0.769. The smallest absolute Gasteiger partial charge is 0.0772 e. The summed E-state index contributed by atoms with van der Waals surface area (Å²) in [7, 11) is 1.72. The van der Waals surface area contributed by atoms with Gasteiger partial charge in [0.05, 0.1) is 17.6 Å². The standard InChI is InChI=1S/C8H12N4/c1-6(9)8-4-3-7(10-2)5-11-12-8/h3-5,12H,9H2,1-2H3. The maximum Gasteiger partial charge on any atom is 0.0772 e. The first-order chi connectivity index (χ1) is 5.74. The van der Waals surface area contributed by atoms with E-state index in [2.05, 4.69) is 15.5 Å². The van der Waals surface area contributed by atoms with Gasteiger partial charge in [-0.1, -0.05) is 0 Å². The molecule has 3 N–H and O–H groups in total. The number of aliphatic imine (C=N–C) groups is 1. The van der Waals surface area contributed by atoms with E-state index in [1.807, 2.05) is 19.1 Å². The molecule has 0 bridgehead atoms. The summed E-state index contributed by atoms with van der Waals surface area (Å²) in [6, 6.07) is 0. The molecular weight excluding hydrogens is 152 g/mol. The van der Waals surface area contributed by atoms with Gasteiger partial charge in [-0.2, -0.15) is 5.10 Å². The number of nitrogens with zero attached hydrogens (tertiary/aromatic N) is 2. The normalized spacial score (nSPS) is 23.7. The van der Waals surface area contributed by atoms with Crippen LogP contribution in [0.2, 0.25) is 0 Å². The Morgan fingerprint density at radius 3 is 2.92 bits per heavy atom. The van der Waals surface area contributed by atoms with Gasteiger partial charge in [-0.15, -0.1) is 0 Å². The third-order valence-corrected chi connectivity index (χ3v) is 1.49. The predicted molar refractivity (Wildman–Crippen MR) is 51.0 cm³/mol. The fraction of sp³-hybridized carbons (Fsp3) is 0.250. The Morgan fingerprint density at radius 2 is 2.33 bits per heavy atom. The second-order valence-corrected chi connectivity index (χ2v) is 2.45. The van der Waals surface area contributed by atoms with Crippen molar-refractivity contribution in [3.8, 4) is 0 Å². The first-order valence-electron chi connectivity index (χ1n) is 3.64. The van der Waals surface area contributed by atoms with Crippen molar-refractivity contribution in [1.82, 2.24) is 5.43 Å². The topological polar surface area (TPSA) is 62.8 Å². The monoisotopic (exact) mass is 164 g/mol. The Bertz CT molecular complexity index is 279. The minimum absolute atomic E-state index is 0.709. The van der Waals surface area contributed by atoms with Gasteiger partial charge >= 0.3 is 0 Å². The van der Waals surface area contributed by atoms with E-state index in [4.69, 9.17) is 5.73 Å². The molecule has 64 valence electrons. The molecule has 0 saturated heterocycles. The number of nitrogens with two attached hydrogens (primary N) is 1. The summed E-state index contributed by atoms with van der Waals surface area (Å²) in [5, 5.41) is 3.92. The summed E-state index contributed by atoms with van der Waals surface area (Å²) in [5.41, 5.74) is 10.7. The van der Waals surface area contributed by atoms with Crippen LogP contribution in [0.25, 0.3) is 0 Å². The van der Waals surface area contributed by atoms with E-state index in [-0.39, 0.29) is 0 Å². The molecule has 0 spiro atoms. The zero-order chi connectivity index (χ0) is 8.97. The van der Waals surface area contributed by atoms with Gasteiger partial charge in [0.2, 0.25) is 0 Å². The highest BCUT2D eigenvalue weighted by molar-refractivity contribution is 6.36. The van der Waals surface area contributed by atoms with Crippen LogP contribution in [0.15, 0.2) is 33.6 Å². The van der Waals surface area contributed by atoms with E-state index >= 15 is 0 Å². The molecule has 0 radical (unpaired) electrons. The third kappa shape index (κ3) is 1.95. The summed E-state index contributed by atoms with van der Waals surface area (Å²) in [4.78, 5) is 3.98. The molecule has 0 saturated carbocycles. The average Bonchev–Trinajstić information content (AvgIpc) is 2.28. The lowest BCUT2D eigenvalue weighted by atomic mass is 10.3. The summed E-state index contributed by atoms with van der Waals surface area (Å²) in [6.07, 6.45) is 5.35. The molecule has 4 nitrogen and oxygen atoms in total. The Hall–Kier alpha value is -1.58. The van der Waals surface area contributed by atoms with Gasteiger partial charge in [-0.05, 0) is 19.1 Å². The molecule has 12 heavy (non-hydrogen) atoms. The number of rotatable bonds is 0. The van der Waals surface area contributed by atoms with Crippen LogP contribution in [0.5, 0.6) is 0 Å². The number of hydrogen-bond acceptors (Lipinski definition) is 4. The minimum atomic E-state index is 0.709. The zero-order valence-corrected chi connectivity index (χ0v) is 7.20. The summed E-state index contributed by atoms with van der Waals surface area (Å²) >= 11 is 0. The van der Waals surface area contributed by atoms with Crippen LogP contribution >= 0.6 is 0 Å². The van der Waals surface area contributed by atoms with E-state index in [0.717, 1.165) is 11.4 Å². The number of hydrazone groups is 1. The highest BCUT2D eigenvalue weighted by atomic mass is 15.3. The van der Waals surface area contributed by atoms with Gasteiger partial charge in [0, 0.05) is 12.7 Å². The molecule has 0 fully saturated rings. The quantitative estimate of drug-likeness (QED) is 0.544. The predicted octanol–water partition coefficient (Wildman–Crippen LogP) is 0.393. The second-order valence-electron chi connectivity index (χ2n) is 2.45. The largest absolute Gasteiger partial charge is 0.401 e. The zero-order valence-electron chi connectivity index (χ0n) is 7.20. The second kappa shape index (κ2) is 3.71. The fourth-order valence-corrected chi connectivity index (χ4v) is 0.769. The highest BCUT2D eigenvalue weighted by Crippen LogP contribution is 1.99. The Labute approximate surface area is 71.6 Å². The van der Waals surface area contributed by atoms with Crippen LogP contribution in [0.1, 0.15) is 6.92 Å². The molecule has 1 aliphatic rings. The Balaban J connectivity index is 2.94. The van der Waals surface area contributed by atoms with E-state index in [1.54, 1.807) is 13.3 Å². The third-order valence-electron chi connectivity index (χ3n) is 1.49. The van der Waals surface area contributed by atoms with Gasteiger partial charge in [0.1, 0.15) is 0 Å². The first-order valence-corrected chi connectivity index (χ1v) is 3.64. The van der Waals surface area contributed by atoms with E-state index < -0.39 is 0 Å². The van der Waals surface area contributed by atoms with Crippen LogP contribution < -0.4 is 11.2 Å². The van der Waals surface area contributed by atoms with E-state index in [9.17, 15) is 0 Å². The maximum atomic E-state index is 5.58. The van der Waals surface area contributed by atoms with Crippen molar-refractivity contribution in [2.24, 2.45) is 15.8 Å². The molecule has 0 aromatic heterocycles. The minimum Gasteiger partial charge on any atom is -0.401 e. The molecular formula is C8H12N4. The van der Waals surface area contributed by atoms with Crippen molar-refractivity contribution in [3.05, 3.63) is 23.5 Å². The van der Waals surface area contributed by atoms with E-state index in [1.165, 1.54) is 0 Å². The molecule has 0 amide bonds. The van der Waals surface area contributed by atoms with Crippen LogP contribution in [-0.4, -0.2) is 19.0 Å². The molecule has 4 heteroatoms. The van der Waals surface area contributed by atoms with Crippen LogP contribution in [-0.2, 0) is 0 Å². The Morgan fingerprint density at radius 1 is 1.58 bits per heavy atom. The molecule has 1 rings (SSSR count). The number of hydrogen-bond donors (Lipinski definition) is 2. The van der Waals surface area contributed by atoms with Crippen molar-refractivity contribution in [2.75, 3.05) is 7.05 Å². The van der Waals surface area contributed by atoms with Crippen molar-refractivity contribution >= 4 is 11.9 Å². The molecule has 0 aromatic carbocycles. The van der Waals surface area contributed by atoms with Crippen LogP contribution in [0, 0.1) is 0 Å². The van der Waals surface area contributed by atoms with Crippen molar-refractivity contribution in [2.45, 2.75) is 6.92 Å². The molecule has 0 aromatic rings. The molecule has 1 aliphatic heterocycles. The van der Waals surface area contributed by atoms with Gasteiger partial charge < -0.3 is 5.73 Å². The molecule has 1 heterocycles. The van der Waals surface area contributed by atoms with Gasteiger partial charge in [-0.3, -0.25) is 10.4 Å². The lowest BCUT2D eigenvalue weighted by Gasteiger charge is -1.99. The number of allylic oxidation sites excluding steroid dienone is 3. The molecule has 0 unspecified atom stereocenters. The van der Waals surface area contributed by atoms with Crippen molar-refractivity contribution in [1.29, 1.82) is 0 Å². The van der Waals surface area contributed by atoms with Crippen molar-refractivity contribution in [3.63, 3.8) is 0 Å². The molecule has 0 aliphatic carbocycles. The summed E-state index contributed by atoms with van der Waals surface area (Å²) in [5.74, 6) is 0. The first kappa shape index (κ1) is 8.52. The van der Waals surface area contributed by atoms with E-state index in [0.29, 0.717) is 5.70 Å². The highest BCUT2D eigenvalue weighted by Gasteiger charge is 1.98. The van der Waals surface area contributed by atoms with Crippen molar-refractivity contribution < 1.29 is 0 Å². The lowest BCUT2D eigenvalue weighted by molar-refractivity contribution is 0.903. The average molecular weight is 164 g/mol. The molecule has 0 atom stereocenters.